The van der Waals surface area contributed by atoms with E-state index in [4.69, 9.17) is 4.74 Å². The third kappa shape index (κ3) is 5.51. The first kappa shape index (κ1) is 20.3. The zero-order chi connectivity index (χ0) is 20.6. The van der Waals surface area contributed by atoms with Gasteiger partial charge in [-0.25, -0.2) is 0 Å². The molecule has 0 aliphatic heterocycles. The Bertz CT molecular complexity index is 942. The zero-order valence-corrected chi connectivity index (χ0v) is 17.0. The minimum atomic E-state index is -0.403. The quantitative estimate of drug-likeness (QED) is 0.475. The molecule has 5 nitrogen and oxygen atoms in total. The summed E-state index contributed by atoms with van der Waals surface area (Å²) in [5.74, 6) is 0.697. The van der Waals surface area contributed by atoms with Gasteiger partial charge in [0.05, 0.1) is 18.5 Å². The van der Waals surface area contributed by atoms with E-state index in [1.165, 1.54) is 0 Å². The topological polar surface area (TPSA) is 62.4 Å². The minimum absolute atomic E-state index is 0.0883. The average molecular weight is 389 g/mol. The van der Waals surface area contributed by atoms with E-state index in [2.05, 4.69) is 16.0 Å². The fraction of sp³-hybridized carbons (Fsp3) is 0.208. The molecule has 0 saturated heterocycles. The normalized spacial score (nSPS) is 11.6. The van der Waals surface area contributed by atoms with Crippen molar-refractivity contribution in [2.24, 2.45) is 5.92 Å². The summed E-state index contributed by atoms with van der Waals surface area (Å²) >= 11 is 0. The number of anilines is 4. The van der Waals surface area contributed by atoms with Gasteiger partial charge < -0.3 is 20.7 Å². The number of methoxy groups -OCH3 is 1. The van der Waals surface area contributed by atoms with Crippen molar-refractivity contribution in [2.75, 3.05) is 23.1 Å². The molecule has 29 heavy (non-hydrogen) atoms. The summed E-state index contributed by atoms with van der Waals surface area (Å²) in [6.45, 7) is 4.05. The smallest absolute Gasteiger partial charge is 0.247 e. The first-order valence-electron chi connectivity index (χ1n) is 9.69. The largest absolute Gasteiger partial charge is 0.497 e. The number of hydrogen-bond donors (Lipinski definition) is 3. The lowest BCUT2D eigenvalue weighted by Gasteiger charge is -2.24. The number of amides is 1. The maximum absolute atomic E-state index is 13.0. The summed E-state index contributed by atoms with van der Waals surface area (Å²) in [5, 5.41) is 9.81. The lowest BCUT2D eigenvalue weighted by atomic mass is 10.0. The maximum atomic E-state index is 13.0. The van der Waals surface area contributed by atoms with Crippen molar-refractivity contribution >= 4 is 28.7 Å². The number of carbonyl (C=O) groups excluding carboxylic acids is 1. The molecule has 3 aromatic carbocycles. The highest BCUT2D eigenvalue weighted by atomic mass is 16.5. The van der Waals surface area contributed by atoms with Gasteiger partial charge in [-0.15, -0.1) is 0 Å². The molecule has 5 heteroatoms. The van der Waals surface area contributed by atoms with Gasteiger partial charge in [0.25, 0.3) is 0 Å². The zero-order valence-electron chi connectivity index (χ0n) is 17.0. The third-order valence-electron chi connectivity index (χ3n) is 4.58. The number of carbonyl (C=O) groups is 1. The second-order valence-corrected chi connectivity index (χ2v) is 7.12. The molecule has 0 aliphatic carbocycles. The first-order valence-corrected chi connectivity index (χ1v) is 9.69. The van der Waals surface area contributed by atoms with E-state index in [0.717, 1.165) is 17.1 Å². The second kappa shape index (κ2) is 9.64. The third-order valence-corrected chi connectivity index (χ3v) is 4.58. The van der Waals surface area contributed by atoms with Crippen LogP contribution in [0.3, 0.4) is 0 Å². The molecule has 1 atom stereocenters. The van der Waals surface area contributed by atoms with Crippen molar-refractivity contribution in [3.8, 4) is 5.75 Å². The number of hydrogen-bond acceptors (Lipinski definition) is 4. The first-order chi connectivity index (χ1) is 14.1. The van der Waals surface area contributed by atoms with Crippen LogP contribution in [0, 0.1) is 5.92 Å². The molecule has 0 fully saturated rings. The number of benzene rings is 3. The van der Waals surface area contributed by atoms with Gasteiger partial charge in [-0.05, 0) is 42.3 Å². The summed E-state index contributed by atoms with van der Waals surface area (Å²) < 4.78 is 5.24. The van der Waals surface area contributed by atoms with E-state index < -0.39 is 6.04 Å². The van der Waals surface area contributed by atoms with Crippen molar-refractivity contribution in [2.45, 2.75) is 19.9 Å². The molecule has 0 saturated carbocycles. The van der Waals surface area contributed by atoms with Crippen LogP contribution < -0.4 is 20.7 Å². The molecule has 1 amide bonds. The highest BCUT2D eigenvalue weighted by molar-refractivity contribution is 5.97. The highest BCUT2D eigenvalue weighted by Gasteiger charge is 2.23. The Hall–Kier alpha value is -3.47. The Balaban J connectivity index is 1.77. The number of rotatable bonds is 8. The lowest BCUT2D eigenvalue weighted by Crippen LogP contribution is -2.39. The fourth-order valence-corrected chi connectivity index (χ4v) is 3.02. The van der Waals surface area contributed by atoms with Crippen LogP contribution in [-0.2, 0) is 4.79 Å². The van der Waals surface area contributed by atoms with Gasteiger partial charge in [0.2, 0.25) is 5.91 Å². The van der Waals surface area contributed by atoms with Gasteiger partial charge in [0, 0.05) is 17.4 Å². The molecule has 3 rings (SSSR count). The van der Waals surface area contributed by atoms with Crippen LogP contribution in [0.2, 0.25) is 0 Å². The summed E-state index contributed by atoms with van der Waals surface area (Å²) in [5.41, 5.74) is 3.48. The minimum Gasteiger partial charge on any atom is -0.497 e. The van der Waals surface area contributed by atoms with E-state index >= 15 is 0 Å². The predicted molar refractivity (Wildman–Crippen MR) is 120 cm³/mol. The van der Waals surface area contributed by atoms with Crippen LogP contribution in [0.25, 0.3) is 0 Å². The monoisotopic (exact) mass is 389 g/mol. The van der Waals surface area contributed by atoms with Gasteiger partial charge in [0.1, 0.15) is 11.8 Å². The molecule has 1 unspecified atom stereocenters. The van der Waals surface area contributed by atoms with Crippen LogP contribution in [0.5, 0.6) is 5.75 Å². The molecular weight excluding hydrogens is 362 g/mol. The predicted octanol–water partition coefficient (Wildman–Crippen LogP) is 5.51. The Morgan fingerprint density at radius 2 is 1.48 bits per heavy atom. The SMILES string of the molecule is COc1cccc(NC(=O)C(Nc2ccccc2Nc2ccccc2)C(C)C)c1. The molecule has 0 bridgehead atoms. The molecule has 0 aromatic heterocycles. The van der Waals surface area contributed by atoms with Crippen LogP contribution in [0.1, 0.15) is 13.8 Å². The van der Waals surface area contributed by atoms with Crippen LogP contribution in [-0.4, -0.2) is 19.1 Å². The molecular formula is C24H27N3O2. The van der Waals surface area contributed by atoms with Gasteiger partial charge in [-0.2, -0.15) is 0 Å². The lowest BCUT2D eigenvalue weighted by molar-refractivity contribution is -0.117. The summed E-state index contributed by atoms with van der Waals surface area (Å²) in [4.78, 5) is 13.0. The van der Waals surface area contributed by atoms with Crippen molar-refractivity contribution in [3.05, 3.63) is 78.9 Å². The number of para-hydroxylation sites is 3. The van der Waals surface area contributed by atoms with Crippen LogP contribution in [0.4, 0.5) is 22.7 Å². The van der Waals surface area contributed by atoms with E-state index in [9.17, 15) is 4.79 Å². The van der Waals surface area contributed by atoms with Crippen LogP contribution in [0.15, 0.2) is 78.9 Å². The van der Waals surface area contributed by atoms with E-state index in [-0.39, 0.29) is 11.8 Å². The standard InChI is InChI=1S/C24H27N3O2/c1-17(2)23(24(28)26-19-12-9-13-20(16-19)29-3)27-22-15-8-7-14-21(22)25-18-10-5-4-6-11-18/h4-17,23,25,27H,1-3H3,(H,26,28). The number of nitrogens with one attached hydrogen (secondary N) is 3. The van der Waals surface area contributed by atoms with E-state index in [1.54, 1.807) is 13.2 Å². The maximum Gasteiger partial charge on any atom is 0.247 e. The summed E-state index contributed by atoms with van der Waals surface area (Å²) in [6, 6.07) is 24.8. The summed E-state index contributed by atoms with van der Waals surface area (Å²) in [6.07, 6.45) is 0. The Morgan fingerprint density at radius 1 is 0.828 bits per heavy atom. The van der Waals surface area contributed by atoms with Crippen molar-refractivity contribution in [3.63, 3.8) is 0 Å². The van der Waals surface area contributed by atoms with Crippen molar-refractivity contribution in [1.82, 2.24) is 0 Å². The highest BCUT2D eigenvalue weighted by Crippen LogP contribution is 2.27. The average Bonchev–Trinajstić information content (AvgIpc) is 2.73. The van der Waals surface area contributed by atoms with E-state index in [0.29, 0.717) is 11.4 Å². The van der Waals surface area contributed by atoms with Gasteiger partial charge in [-0.3, -0.25) is 4.79 Å². The van der Waals surface area contributed by atoms with Crippen LogP contribution >= 0.6 is 0 Å². The Kier molecular flexibility index (Phi) is 6.74. The molecule has 150 valence electrons. The van der Waals surface area contributed by atoms with E-state index in [1.807, 2.05) is 86.6 Å². The van der Waals surface area contributed by atoms with Crippen molar-refractivity contribution in [1.29, 1.82) is 0 Å². The molecule has 0 aliphatic rings. The molecule has 0 radical (unpaired) electrons. The van der Waals surface area contributed by atoms with Crippen molar-refractivity contribution < 1.29 is 9.53 Å². The Labute approximate surface area is 172 Å². The molecule has 0 heterocycles. The molecule has 3 N–H and O–H groups in total. The molecule has 0 spiro atoms. The van der Waals surface area contributed by atoms with Gasteiger partial charge in [0.15, 0.2) is 0 Å². The summed E-state index contributed by atoms with van der Waals surface area (Å²) in [7, 11) is 1.61. The molecule has 3 aromatic rings. The van der Waals surface area contributed by atoms with Gasteiger partial charge >= 0.3 is 0 Å². The van der Waals surface area contributed by atoms with Gasteiger partial charge in [-0.1, -0.05) is 50.2 Å². The Morgan fingerprint density at radius 3 is 2.17 bits per heavy atom. The number of ether oxygens (including phenoxy) is 1. The fourth-order valence-electron chi connectivity index (χ4n) is 3.02. The second-order valence-electron chi connectivity index (χ2n) is 7.12.